The van der Waals surface area contributed by atoms with Gasteiger partial charge < -0.3 is 10.8 Å². The molecule has 0 saturated heterocycles. The number of rotatable bonds is 4. The number of nitrogens with two attached hydrogens (primary N) is 1. The molecule has 0 spiro atoms. The van der Waals surface area contributed by atoms with E-state index in [9.17, 15) is 5.11 Å². The molecule has 3 N–H and O–H groups in total. The molecule has 0 bridgehead atoms. The fourth-order valence-electron chi connectivity index (χ4n) is 3.55. The lowest BCUT2D eigenvalue weighted by molar-refractivity contribution is -0.0208. The SMILES string of the molecule is CCC(N)C(N(C)C1CCCCC1O)C(C)(C)C. The summed E-state index contributed by atoms with van der Waals surface area (Å²) in [5.41, 5.74) is 6.47. The second-order valence-electron chi connectivity index (χ2n) is 6.97. The number of hydrogen-bond acceptors (Lipinski definition) is 3. The van der Waals surface area contributed by atoms with Crippen molar-refractivity contribution in [1.29, 1.82) is 0 Å². The molecule has 3 nitrogen and oxygen atoms in total. The fraction of sp³-hybridized carbons (Fsp3) is 1.00. The minimum atomic E-state index is -0.183. The minimum absolute atomic E-state index is 0.140. The van der Waals surface area contributed by atoms with Crippen LogP contribution in [-0.4, -0.2) is 41.3 Å². The predicted molar refractivity (Wildman–Crippen MR) is 77.5 cm³/mol. The number of likely N-dealkylation sites (N-methyl/N-ethyl adjacent to an activating group) is 1. The van der Waals surface area contributed by atoms with Gasteiger partial charge in [0.2, 0.25) is 0 Å². The van der Waals surface area contributed by atoms with E-state index in [0.29, 0.717) is 6.04 Å². The highest BCUT2D eigenvalue weighted by Crippen LogP contribution is 2.32. The molecule has 1 fully saturated rings. The summed E-state index contributed by atoms with van der Waals surface area (Å²) in [5.74, 6) is 0. The van der Waals surface area contributed by atoms with Crippen LogP contribution >= 0.6 is 0 Å². The second-order valence-corrected chi connectivity index (χ2v) is 6.97. The van der Waals surface area contributed by atoms with Gasteiger partial charge in [0.1, 0.15) is 0 Å². The van der Waals surface area contributed by atoms with E-state index in [1.54, 1.807) is 0 Å². The highest BCUT2D eigenvalue weighted by Gasteiger charge is 2.38. The molecule has 0 aromatic carbocycles. The van der Waals surface area contributed by atoms with Gasteiger partial charge in [0.25, 0.3) is 0 Å². The molecule has 1 aliphatic carbocycles. The van der Waals surface area contributed by atoms with E-state index in [-0.39, 0.29) is 23.6 Å². The molecule has 0 amide bonds. The van der Waals surface area contributed by atoms with Crippen LogP contribution in [0.1, 0.15) is 59.8 Å². The normalized spacial score (nSPS) is 29.3. The molecule has 18 heavy (non-hydrogen) atoms. The summed E-state index contributed by atoms with van der Waals surface area (Å²) in [6.45, 7) is 8.89. The number of nitrogens with zero attached hydrogens (tertiary/aromatic N) is 1. The average molecular weight is 256 g/mol. The first-order chi connectivity index (χ1) is 8.29. The zero-order valence-corrected chi connectivity index (χ0v) is 12.8. The van der Waals surface area contributed by atoms with E-state index in [2.05, 4.69) is 39.6 Å². The van der Waals surface area contributed by atoms with E-state index in [4.69, 9.17) is 5.73 Å². The number of aliphatic hydroxyl groups excluding tert-OH is 1. The van der Waals surface area contributed by atoms with Gasteiger partial charge in [-0.2, -0.15) is 0 Å². The maximum absolute atomic E-state index is 10.2. The first-order valence-electron chi connectivity index (χ1n) is 7.44. The van der Waals surface area contributed by atoms with Crippen LogP contribution in [0.5, 0.6) is 0 Å². The zero-order chi connectivity index (χ0) is 13.9. The van der Waals surface area contributed by atoms with Gasteiger partial charge in [0.15, 0.2) is 0 Å². The van der Waals surface area contributed by atoms with Crippen molar-refractivity contribution in [1.82, 2.24) is 4.90 Å². The van der Waals surface area contributed by atoms with Crippen LogP contribution in [0, 0.1) is 5.41 Å². The molecule has 4 unspecified atom stereocenters. The van der Waals surface area contributed by atoms with Gasteiger partial charge >= 0.3 is 0 Å². The molecular formula is C15H32N2O. The van der Waals surface area contributed by atoms with Crippen LogP contribution in [0.25, 0.3) is 0 Å². The first kappa shape index (κ1) is 15.9. The summed E-state index contributed by atoms with van der Waals surface area (Å²) in [4.78, 5) is 2.36. The predicted octanol–water partition coefficient (Wildman–Crippen LogP) is 2.37. The molecule has 0 aliphatic heterocycles. The van der Waals surface area contributed by atoms with E-state index in [0.717, 1.165) is 25.7 Å². The Balaban J connectivity index is 2.84. The number of hydrogen-bond donors (Lipinski definition) is 2. The largest absolute Gasteiger partial charge is 0.391 e. The monoisotopic (exact) mass is 256 g/mol. The minimum Gasteiger partial charge on any atom is -0.391 e. The third kappa shape index (κ3) is 3.69. The van der Waals surface area contributed by atoms with Crippen LogP contribution < -0.4 is 5.73 Å². The van der Waals surface area contributed by atoms with E-state index in [1.807, 2.05) is 0 Å². The summed E-state index contributed by atoms with van der Waals surface area (Å²) in [6.07, 6.45) is 5.22. The Morgan fingerprint density at radius 3 is 2.28 bits per heavy atom. The number of aliphatic hydroxyl groups is 1. The van der Waals surface area contributed by atoms with Crippen molar-refractivity contribution in [3.05, 3.63) is 0 Å². The molecular weight excluding hydrogens is 224 g/mol. The Kier molecular flexibility index (Phi) is 5.63. The van der Waals surface area contributed by atoms with Crippen LogP contribution in [0.3, 0.4) is 0 Å². The smallest absolute Gasteiger partial charge is 0.0695 e. The van der Waals surface area contributed by atoms with Crippen molar-refractivity contribution >= 4 is 0 Å². The molecule has 1 aliphatic rings. The van der Waals surface area contributed by atoms with Crippen molar-refractivity contribution in [3.63, 3.8) is 0 Å². The zero-order valence-electron chi connectivity index (χ0n) is 12.8. The van der Waals surface area contributed by atoms with Crippen molar-refractivity contribution < 1.29 is 5.11 Å². The highest BCUT2D eigenvalue weighted by atomic mass is 16.3. The molecule has 0 aromatic rings. The third-order valence-corrected chi connectivity index (χ3v) is 4.42. The summed E-state index contributed by atoms with van der Waals surface area (Å²) in [6, 6.07) is 0.768. The molecule has 0 radical (unpaired) electrons. The summed E-state index contributed by atoms with van der Waals surface area (Å²) < 4.78 is 0. The van der Waals surface area contributed by atoms with E-state index >= 15 is 0 Å². The Labute approximate surface area is 113 Å². The molecule has 3 heteroatoms. The molecule has 0 aromatic heterocycles. The maximum atomic E-state index is 10.2. The van der Waals surface area contributed by atoms with Gasteiger partial charge in [0.05, 0.1) is 6.10 Å². The van der Waals surface area contributed by atoms with Gasteiger partial charge in [-0.05, 0) is 31.7 Å². The van der Waals surface area contributed by atoms with Crippen molar-refractivity contribution in [2.45, 2.75) is 84.0 Å². The van der Waals surface area contributed by atoms with Crippen molar-refractivity contribution in [3.8, 4) is 0 Å². The highest BCUT2D eigenvalue weighted by molar-refractivity contribution is 4.94. The topological polar surface area (TPSA) is 49.5 Å². The quantitative estimate of drug-likeness (QED) is 0.812. The summed E-state index contributed by atoms with van der Waals surface area (Å²) >= 11 is 0. The Hall–Kier alpha value is -0.120. The van der Waals surface area contributed by atoms with E-state index in [1.165, 1.54) is 6.42 Å². The third-order valence-electron chi connectivity index (χ3n) is 4.42. The van der Waals surface area contributed by atoms with Gasteiger partial charge in [-0.3, -0.25) is 4.90 Å². The lowest BCUT2D eigenvalue weighted by Crippen LogP contribution is -2.59. The van der Waals surface area contributed by atoms with Crippen molar-refractivity contribution in [2.75, 3.05) is 7.05 Å². The van der Waals surface area contributed by atoms with Gasteiger partial charge in [-0.25, -0.2) is 0 Å². The standard InChI is InChI=1S/C15H32N2O/c1-6-11(16)14(15(2,3)4)17(5)12-9-7-8-10-13(12)18/h11-14,18H,6-10,16H2,1-5H3. The molecule has 1 rings (SSSR count). The lowest BCUT2D eigenvalue weighted by atomic mass is 9.78. The summed E-state index contributed by atoms with van der Waals surface area (Å²) in [5, 5.41) is 10.2. The molecule has 1 saturated carbocycles. The van der Waals surface area contributed by atoms with E-state index < -0.39 is 0 Å². The second kappa shape index (κ2) is 6.36. The van der Waals surface area contributed by atoms with Crippen LogP contribution in [0.15, 0.2) is 0 Å². The van der Waals surface area contributed by atoms with Crippen molar-refractivity contribution in [2.24, 2.45) is 11.1 Å². The average Bonchev–Trinajstić information content (AvgIpc) is 2.27. The molecule has 4 atom stereocenters. The molecule has 108 valence electrons. The fourth-order valence-corrected chi connectivity index (χ4v) is 3.55. The Bertz CT molecular complexity index is 249. The summed E-state index contributed by atoms with van der Waals surface area (Å²) in [7, 11) is 2.14. The van der Waals surface area contributed by atoms with Gasteiger partial charge in [0, 0.05) is 18.1 Å². The van der Waals surface area contributed by atoms with Crippen LogP contribution in [0.4, 0.5) is 0 Å². The lowest BCUT2D eigenvalue weighted by Gasteiger charge is -2.47. The van der Waals surface area contributed by atoms with Gasteiger partial charge in [-0.15, -0.1) is 0 Å². The van der Waals surface area contributed by atoms with Gasteiger partial charge in [-0.1, -0.05) is 40.5 Å². The molecule has 0 heterocycles. The van der Waals surface area contributed by atoms with Crippen LogP contribution in [-0.2, 0) is 0 Å². The Morgan fingerprint density at radius 2 is 1.83 bits per heavy atom. The first-order valence-corrected chi connectivity index (χ1v) is 7.44. The Morgan fingerprint density at radius 1 is 1.28 bits per heavy atom. The maximum Gasteiger partial charge on any atom is 0.0695 e. The van der Waals surface area contributed by atoms with Crippen LogP contribution in [0.2, 0.25) is 0 Å².